The fourth-order valence-electron chi connectivity index (χ4n) is 6.77. The molecule has 0 aliphatic carbocycles. The van der Waals surface area contributed by atoms with Crippen LogP contribution in [0.15, 0.2) is 158 Å². The highest BCUT2D eigenvalue weighted by molar-refractivity contribution is 5.67. The van der Waals surface area contributed by atoms with E-state index >= 15 is 0 Å². The normalized spacial score (nSPS) is 11.4. The monoisotopic (exact) mass is 688 g/mol. The van der Waals surface area contributed by atoms with E-state index in [1.54, 1.807) is 12.4 Å². The van der Waals surface area contributed by atoms with Gasteiger partial charge in [-0.1, -0.05) is 135 Å². The standard InChI is InChI=1S/C45H36N8/c1-3-45(4-2,35-25-21-33(22-26-35)41-48-39(31-15-7-5-8-16-31)50-43(52-41)37-19-11-13-29-46-37)36-27-23-34(24-28-36)42-49-40(32-17-9-6-10-18-32)51-44(53-42)38-20-12-14-30-47-38/h5-30H,3-4H2,1-2H3. The second kappa shape index (κ2) is 14.8. The highest BCUT2D eigenvalue weighted by Crippen LogP contribution is 2.40. The Morgan fingerprint density at radius 3 is 0.981 bits per heavy atom. The molecule has 0 radical (unpaired) electrons. The zero-order chi connectivity index (χ0) is 36.0. The maximum atomic E-state index is 4.91. The van der Waals surface area contributed by atoms with Gasteiger partial charge in [-0.3, -0.25) is 9.97 Å². The van der Waals surface area contributed by atoms with E-state index in [0.717, 1.165) is 35.1 Å². The lowest BCUT2D eigenvalue weighted by Crippen LogP contribution is -2.26. The Hall–Kier alpha value is -6.80. The maximum Gasteiger partial charge on any atom is 0.182 e. The van der Waals surface area contributed by atoms with Gasteiger partial charge in [0.15, 0.2) is 34.9 Å². The number of hydrogen-bond acceptors (Lipinski definition) is 8. The van der Waals surface area contributed by atoms with Crippen LogP contribution in [-0.4, -0.2) is 39.9 Å². The number of pyridine rings is 2. The molecule has 0 saturated heterocycles. The SMILES string of the molecule is CCC(CC)(c1ccc(-c2nc(-c3ccccc3)nc(-c3ccccn3)n2)cc1)c1ccc(-c2nc(-c3ccccc3)nc(-c3ccccn3)n2)cc1. The fourth-order valence-corrected chi connectivity index (χ4v) is 6.77. The van der Waals surface area contributed by atoms with Gasteiger partial charge in [-0.2, -0.15) is 0 Å². The molecule has 8 heteroatoms. The van der Waals surface area contributed by atoms with E-state index in [2.05, 4.69) is 72.3 Å². The summed E-state index contributed by atoms with van der Waals surface area (Å²) in [5.41, 5.74) is 7.31. The molecule has 0 bridgehead atoms. The van der Waals surface area contributed by atoms with E-state index in [1.165, 1.54) is 11.1 Å². The van der Waals surface area contributed by atoms with Crippen LogP contribution in [0.5, 0.6) is 0 Å². The van der Waals surface area contributed by atoms with Crippen LogP contribution in [0, 0.1) is 0 Å². The second-order valence-corrected chi connectivity index (χ2v) is 12.7. The zero-order valence-electron chi connectivity index (χ0n) is 29.5. The van der Waals surface area contributed by atoms with Gasteiger partial charge in [0.05, 0.1) is 0 Å². The predicted molar refractivity (Wildman–Crippen MR) is 209 cm³/mol. The molecule has 0 saturated carbocycles. The van der Waals surface area contributed by atoms with Crippen LogP contribution in [0.4, 0.5) is 0 Å². The first-order chi connectivity index (χ1) is 26.1. The third kappa shape index (κ3) is 6.82. The van der Waals surface area contributed by atoms with Crippen molar-refractivity contribution in [3.8, 4) is 68.6 Å². The molecule has 0 spiro atoms. The molecule has 4 aromatic carbocycles. The summed E-state index contributed by atoms with van der Waals surface area (Å²) in [4.78, 5) is 38.2. The van der Waals surface area contributed by atoms with Crippen LogP contribution in [0.2, 0.25) is 0 Å². The summed E-state index contributed by atoms with van der Waals surface area (Å²) in [6, 6.07) is 48.7. The smallest absolute Gasteiger partial charge is 0.182 e. The first-order valence-electron chi connectivity index (χ1n) is 17.8. The lowest BCUT2D eigenvalue weighted by molar-refractivity contribution is 0.478. The van der Waals surface area contributed by atoms with Gasteiger partial charge in [-0.05, 0) is 48.2 Å². The summed E-state index contributed by atoms with van der Waals surface area (Å²) in [6.07, 6.45) is 5.35. The van der Waals surface area contributed by atoms with Crippen molar-refractivity contribution in [2.45, 2.75) is 32.1 Å². The molecule has 4 aromatic heterocycles. The highest BCUT2D eigenvalue weighted by Gasteiger charge is 2.31. The van der Waals surface area contributed by atoms with E-state index in [9.17, 15) is 0 Å². The highest BCUT2D eigenvalue weighted by atomic mass is 15.1. The Bertz CT molecular complexity index is 2150. The zero-order valence-corrected chi connectivity index (χ0v) is 29.5. The minimum absolute atomic E-state index is 0.210. The summed E-state index contributed by atoms with van der Waals surface area (Å²) in [6.45, 7) is 4.50. The van der Waals surface area contributed by atoms with E-state index < -0.39 is 0 Å². The van der Waals surface area contributed by atoms with Gasteiger partial charge in [0, 0.05) is 40.1 Å². The molecule has 0 amide bonds. The summed E-state index contributed by atoms with van der Waals surface area (Å²) in [5.74, 6) is 3.50. The molecule has 0 aliphatic heterocycles. The van der Waals surface area contributed by atoms with E-state index in [-0.39, 0.29) is 5.41 Å². The molecule has 256 valence electrons. The summed E-state index contributed by atoms with van der Waals surface area (Å²) < 4.78 is 0. The lowest BCUT2D eigenvalue weighted by Gasteiger charge is -2.33. The van der Waals surface area contributed by atoms with Gasteiger partial charge < -0.3 is 0 Å². The predicted octanol–water partition coefficient (Wildman–Crippen LogP) is 9.95. The van der Waals surface area contributed by atoms with Crippen molar-refractivity contribution >= 4 is 0 Å². The Balaban J connectivity index is 1.14. The summed E-state index contributed by atoms with van der Waals surface area (Å²) >= 11 is 0. The molecule has 0 N–H and O–H groups in total. The number of benzene rings is 4. The third-order valence-corrected chi connectivity index (χ3v) is 9.72. The van der Waals surface area contributed by atoms with Gasteiger partial charge in [0.1, 0.15) is 11.4 Å². The molecule has 0 atom stereocenters. The Labute approximate surface area is 308 Å². The Kier molecular flexibility index (Phi) is 9.32. The van der Waals surface area contributed by atoms with Crippen molar-refractivity contribution in [2.75, 3.05) is 0 Å². The number of nitrogens with zero attached hydrogens (tertiary/aromatic N) is 8. The molecule has 8 aromatic rings. The first kappa shape index (κ1) is 33.3. The van der Waals surface area contributed by atoms with Crippen molar-refractivity contribution in [3.63, 3.8) is 0 Å². The molecule has 0 fully saturated rings. The van der Waals surface area contributed by atoms with Crippen molar-refractivity contribution in [3.05, 3.63) is 169 Å². The van der Waals surface area contributed by atoms with Crippen molar-refractivity contribution in [2.24, 2.45) is 0 Å². The molecule has 0 unspecified atom stereocenters. The van der Waals surface area contributed by atoms with Crippen molar-refractivity contribution in [1.29, 1.82) is 0 Å². The molecular formula is C45H36N8. The van der Waals surface area contributed by atoms with Crippen LogP contribution in [0.3, 0.4) is 0 Å². The average Bonchev–Trinajstić information content (AvgIpc) is 3.26. The van der Waals surface area contributed by atoms with Gasteiger partial charge >= 0.3 is 0 Å². The van der Waals surface area contributed by atoms with Crippen LogP contribution in [0.25, 0.3) is 68.6 Å². The van der Waals surface area contributed by atoms with Crippen LogP contribution >= 0.6 is 0 Å². The molecular weight excluding hydrogens is 653 g/mol. The largest absolute Gasteiger partial charge is 0.253 e. The molecule has 53 heavy (non-hydrogen) atoms. The van der Waals surface area contributed by atoms with Crippen LogP contribution in [0.1, 0.15) is 37.8 Å². The number of hydrogen-bond donors (Lipinski definition) is 0. The van der Waals surface area contributed by atoms with Crippen molar-refractivity contribution < 1.29 is 0 Å². The molecule has 8 nitrogen and oxygen atoms in total. The molecule has 8 rings (SSSR count). The topological polar surface area (TPSA) is 103 Å². The molecule has 0 aliphatic rings. The van der Waals surface area contributed by atoms with Gasteiger partial charge in [0.25, 0.3) is 0 Å². The van der Waals surface area contributed by atoms with Gasteiger partial charge in [-0.25, -0.2) is 29.9 Å². The summed E-state index contributed by atoms with van der Waals surface area (Å²) in [7, 11) is 0. The van der Waals surface area contributed by atoms with Gasteiger partial charge in [-0.15, -0.1) is 0 Å². The van der Waals surface area contributed by atoms with Gasteiger partial charge in [0.2, 0.25) is 0 Å². The third-order valence-electron chi connectivity index (χ3n) is 9.72. The second-order valence-electron chi connectivity index (χ2n) is 12.7. The summed E-state index contributed by atoms with van der Waals surface area (Å²) in [5, 5.41) is 0. The fraction of sp³-hybridized carbons (Fsp3) is 0.111. The van der Waals surface area contributed by atoms with Crippen LogP contribution < -0.4 is 0 Å². The van der Waals surface area contributed by atoms with Crippen molar-refractivity contribution in [1.82, 2.24) is 39.9 Å². The minimum atomic E-state index is -0.210. The minimum Gasteiger partial charge on any atom is -0.253 e. The van der Waals surface area contributed by atoms with E-state index in [4.69, 9.17) is 29.9 Å². The first-order valence-corrected chi connectivity index (χ1v) is 17.8. The average molecular weight is 689 g/mol. The number of rotatable bonds is 10. The maximum absolute atomic E-state index is 4.91. The van der Waals surface area contributed by atoms with Crippen LogP contribution in [-0.2, 0) is 5.41 Å². The number of aromatic nitrogens is 8. The van der Waals surface area contributed by atoms with E-state index in [1.807, 2.05) is 97.1 Å². The molecule has 4 heterocycles. The quantitative estimate of drug-likeness (QED) is 0.140. The Morgan fingerprint density at radius 1 is 0.340 bits per heavy atom. The Morgan fingerprint density at radius 2 is 0.660 bits per heavy atom. The lowest BCUT2D eigenvalue weighted by atomic mass is 9.70. The van der Waals surface area contributed by atoms with E-state index in [0.29, 0.717) is 46.3 Å².